The van der Waals surface area contributed by atoms with Crippen LogP contribution in [0.3, 0.4) is 0 Å². The molecule has 0 aliphatic carbocycles. The van der Waals surface area contributed by atoms with E-state index in [2.05, 4.69) is 10.4 Å². The maximum absolute atomic E-state index is 12.4. The molecule has 2 amide bonds. The number of halogens is 1. The van der Waals surface area contributed by atoms with Gasteiger partial charge in [0.25, 0.3) is 0 Å². The summed E-state index contributed by atoms with van der Waals surface area (Å²) in [5.41, 5.74) is 0.719. The van der Waals surface area contributed by atoms with Crippen molar-refractivity contribution in [3.05, 3.63) is 41.7 Å². The average molecular weight is 407 g/mol. The van der Waals surface area contributed by atoms with E-state index in [1.807, 2.05) is 42.3 Å². The van der Waals surface area contributed by atoms with Gasteiger partial charge in [0.1, 0.15) is 0 Å². The Balaban J connectivity index is 1.44. The van der Waals surface area contributed by atoms with E-state index < -0.39 is 0 Å². The van der Waals surface area contributed by atoms with Gasteiger partial charge in [0.15, 0.2) is 0 Å². The van der Waals surface area contributed by atoms with Gasteiger partial charge in [-0.15, -0.1) is 11.8 Å². The number of nitrogens with one attached hydrogen (secondary N) is 1. The van der Waals surface area contributed by atoms with Crippen molar-refractivity contribution in [1.29, 1.82) is 0 Å². The number of nitrogens with zero attached hydrogens (tertiary/aromatic N) is 3. The highest BCUT2D eigenvalue weighted by atomic mass is 35.5. The Bertz CT molecular complexity index is 803. The van der Waals surface area contributed by atoms with Crippen LogP contribution >= 0.6 is 23.4 Å². The molecule has 6 nitrogen and oxygen atoms in total. The molecule has 0 radical (unpaired) electrons. The minimum Gasteiger partial charge on any atom is -0.342 e. The monoisotopic (exact) mass is 406 g/mol. The SMILES string of the molecule is CCn1cc(NC(=O)C2CCN(C(=O)CSc3ccccc3Cl)CC2)cn1. The molecule has 1 saturated heterocycles. The van der Waals surface area contributed by atoms with E-state index in [1.165, 1.54) is 11.8 Å². The maximum Gasteiger partial charge on any atom is 0.232 e. The van der Waals surface area contributed by atoms with Crippen LogP contribution in [0.15, 0.2) is 41.6 Å². The highest BCUT2D eigenvalue weighted by Gasteiger charge is 2.27. The number of piperidine rings is 1. The molecule has 8 heteroatoms. The van der Waals surface area contributed by atoms with Gasteiger partial charge in [-0.05, 0) is 31.9 Å². The van der Waals surface area contributed by atoms with Gasteiger partial charge in [0.2, 0.25) is 11.8 Å². The van der Waals surface area contributed by atoms with E-state index in [9.17, 15) is 9.59 Å². The van der Waals surface area contributed by atoms with Crippen LogP contribution in [-0.2, 0) is 16.1 Å². The van der Waals surface area contributed by atoms with Crippen LogP contribution < -0.4 is 5.32 Å². The number of aromatic nitrogens is 2. The number of likely N-dealkylation sites (tertiary alicyclic amines) is 1. The number of rotatable bonds is 6. The normalized spacial score (nSPS) is 15.0. The van der Waals surface area contributed by atoms with Crippen LogP contribution in [0.1, 0.15) is 19.8 Å². The van der Waals surface area contributed by atoms with Crippen molar-refractivity contribution >= 4 is 40.9 Å². The first-order chi connectivity index (χ1) is 13.1. The summed E-state index contributed by atoms with van der Waals surface area (Å²) in [5, 5.41) is 7.74. The van der Waals surface area contributed by atoms with Crippen molar-refractivity contribution in [1.82, 2.24) is 14.7 Å². The lowest BCUT2D eigenvalue weighted by atomic mass is 9.96. The molecule has 27 heavy (non-hydrogen) atoms. The van der Waals surface area contributed by atoms with E-state index in [-0.39, 0.29) is 17.7 Å². The summed E-state index contributed by atoms with van der Waals surface area (Å²) in [6, 6.07) is 7.52. The van der Waals surface area contributed by atoms with Crippen LogP contribution in [-0.4, -0.2) is 45.3 Å². The van der Waals surface area contributed by atoms with E-state index in [4.69, 9.17) is 11.6 Å². The fourth-order valence-corrected chi connectivity index (χ4v) is 4.17. The number of thioether (sulfide) groups is 1. The van der Waals surface area contributed by atoms with Crippen molar-refractivity contribution < 1.29 is 9.59 Å². The van der Waals surface area contributed by atoms with Gasteiger partial charge < -0.3 is 10.2 Å². The van der Waals surface area contributed by atoms with Gasteiger partial charge in [-0.25, -0.2) is 0 Å². The molecule has 0 saturated carbocycles. The molecule has 2 aromatic rings. The van der Waals surface area contributed by atoms with Crippen molar-refractivity contribution in [2.24, 2.45) is 5.92 Å². The zero-order valence-corrected chi connectivity index (χ0v) is 16.8. The average Bonchev–Trinajstić information content (AvgIpc) is 3.15. The predicted octanol–water partition coefficient (Wildman–Crippen LogP) is 3.53. The van der Waals surface area contributed by atoms with E-state index >= 15 is 0 Å². The predicted molar refractivity (Wildman–Crippen MR) is 108 cm³/mol. The summed E-state index contributed by atoms with van der Waals surface area (Å²) in [4.78, 5) is 27.6. The van der Waals surface area contributed by atoms with Crippen LogP contribution in [0.4, 0.5) is 5.69 Å². The number of aryl methyl sites for hydroxylation is 1. The summed E-state index contributed by atoms with van der Waals surface area (Å²) >= 11 is 7.58. The summed E-state index contributed by atoms with van der Waals surface area (Å²) < 4.78 is 1.77. The van der Waals surface area contributed by atoms with E-state index in [0.29, 0.717) is 36.7 Å². The second kappa shape index (κ2) is 9.28. The smallest absolute Gasteiger partial charge is 0.232 e. The van der Waals surface area contributed by atoms with Crippen LogP contribution in [0.2, 0.25) is 5.02 Å². The van der Waals surface area contributed by atoms with Crippen molar-refractivity contribution in [2.45, 2.75) is 31.2 Å². The number of carbonyl (C=O) groups is 2. The fourth-order valence-electron chi connectivity index (χ4n) is 3.03. The first-order valence-corrected chi connectivity index (χ1v) is 10.4. The standard InChI is InChI=1S/C19H23ClN4O2S/c1-2-24-12-15(11-21-24)22-19(26)14-7-9-23(10-8-14)18(25)13-27-17-6-4-3-5-16(17)20/h3-6,11-12,14H,2,7-10,13H2,1H3,(H,22,26). The Labute approximate surface area is 168 Å². The molecule has 0 bridgehead atoms. The minimum absolute atomic E-state index is 0.00296. The van der Waals surface area contributed by atoms with Gasteiger partial charge in [-0.3, -0.25) is 14.3 Å². The van der Waals surface area contributed by atoms with Crippen molar-refractivity contribution in [2.75, 3.05) is 24.2 Å². The molecule has 1 aliphatic heterocycles. The Morgan fingerprint density at radius 3 is 2.70 bits per heavy atom. The molecular formula is C19H23ClN4O2S. The van der Waals surface area contributed by atoms with Gasteiger partial charge in [0, 0.05) is 36.6 Å². The topological polar surface area (TPSA) is 67.2 Å². The molecule has 1 aromatic heterocycles. The molecule has 1 N–H and O–H groups in total. The Hall–Kier alpha value is -1.99. The lowest BCUT2D eigenvalue weighted by Gasteiger charge is -2.31. The Kier molecular flexibility index (Phi) is 6.79. The quantitative estimate of drug-likeness (QED) is 0.745. The number of benzene rings is 1. The third-order valence-electron chi connectivity index (χ3n) is 4.63. The highest BCUT2D eigenvalue weighted by Crippen LogP contribution is 2.27. The molecular weight excluding hydrogens is 384 g/mol. The molecule has 1 aromatic carbocycles. The molecule has 3 rings (SSSR count). The number of hydrogen-bond donors (Lipinski definition) is 1. The molecule has 0 atom stereocenters. The second-order valence-electron chi connectivity index (χ2n) is 6.45. The largest absolute Gasteiger partial charge is 0.342 e. The Morgan fingerprint density at radius 2 is 2.04 bits per heavy atom. The van der Waals surface area contributed by atoms with E-state index in [1.54, 1.807) is 10.9 Å². The van der Waals surface area contributed by atoms with Crippen molar-refractivity contribution in [3.63, 3.8) is 0 Å². The second-order valence-corrected chi connectivity index (χ2v) is 7.87. The van der Waals surface area contributed by atoms with E-state index in [0.717, 1.165) is 17.1 Å². The third kappa shape index (κ3) is 5.26. The zero-order valence-electron chi connectivity index (χ0n) is 15.2. The first kappa shape index (κ1) is 19.8. The highest BCUT2D eigenvalue weighted by molar-refractivity contribution is 8.00. The molecule has 1 aliphatic rings. The van der Waals surface area contributed by atoms with Gasteiger partial charge in [0.05, 0.1) is 22.7 Å². The maximum atomic E-state index is 12.4. The van der Waals surface area contributed by atoms with Crippen LogP contribution in [0.5, 0.6) is 0 Å². The van der Waals surface area contributed by atoms with Gasteiger partial charge in [-0.1, -0.05) is 23.7 Å². The van der Waals surface area contributed by atoms with Crippen LogP contribution in [0.25, 0.3) is 0 Å². The van der Waals surface area contributed by atoms with Crippen molar-refractivity contribution in [3.8, 4) is 0 Å². The number of amides is 2. The molecule has 144 valence electrons. The number of anilines is 1. The molecule has 2 heterocycles. The third-order valence-corrected chi connectivity index (χ3v) is 6.13. The summed E-state index contributed by atoms with van der Waals surface area (Å²) in [7, 11) is 0. The minimum atomic E-state index is -0.0738. The Morgan fingerprint density at radius 1 is 1.30 bits per heavy atom. The molecule has 1 fully saturated rings. The fraction of sp³-hybridized carbons (Fsp3) is 0.421. The van der Waals surface area contributed by atoms with Gasteiger partial charge >= 0.3 is 0 Å². The summed E-state index contributed by atoms with van der Waals surface area (Å²) in [5.74, 6) is 0.373. The zero-order chi connectivity index (χ0) is 19.2. The van der Waals surface area contributed by atoms with Crippen LogP contribution in [0, 0.1) is 5.92 Å². The number of carbonyl (C=O) groups excluding carboxylic acids is 2. The summed E-state index contributed by atoms with van der Waals surface area (Å²) in [6.07, 6.45) is 4.83. The molecule has 0 spiro atoms. The summed E-state index contributed by atoms with van der Waals surface area (Å²) in [6.45, 7) is 3.97. The number of hydrogen-bond acceptors (Lipinski definition) is 4. The lowest BCUT2D eigenvalue weighted by Crippen LogP contribution is -2.42. The first-order valence-electron chi connectivity index (χ1n) is 9.05. The lowest BCUT2D eigenvalue weighted by molar-refractivity contribution is -0.132. The van der Waals surface area contributed by atoms with Gasteiger partial charge in [-0.2, -0.15) is 5.10 Å². The molecule has 0 unspecified atom stereocenters.